The van der Waals surface area contributed by atoms with Crippen LogP contribution in [-0.2, 0) is 27.4 Å². The van der Waals surface area contributed by atoms with E-state index in [0.29, 0.717) is 24.8 Å². The van der Waals surface area contributed by atoms with Crippen LogP contribution in [0.3, 0.4) is 0 Å². The summed E-state index contributed by atoms with van der Waals surface area (Å²) in [6, 6.07) is 15.3. The maximum atomic E-state index is 12.6. The number of benzene rings is 2. The van der Waals surface area contributed by atoms with E-state index in [2.05, 4.69) is 17.3 Å². The summed E-state index contributed by atoms with van der Waals surface area (Å²) in [4.78, 5) is 39.8. The lowest BCUT2D eigenvalue weighted by Crippen LogP contribution is -2.38. The number of hydrogen-bond acceptors (Lipinski definition) is 6. The Kier molecular flexibility index (Phi) is 8.50. The van der Waals surface area contributed by atoms with Crippen molar-refractivity contribution in [1.82, 2.24) is 15.1 Å². The number of carbonyl (C=O) groups excluding carboxylic acids is 3. The van der Waals surface area contributed by atoms with E-state index >= 15 is 0 Å². The summed E-state index contributed by atoms with van der Waals surface area (Å²) in [5.74, 6) is 0.311. The molecule has 186 valence electrons. The van der Waals surface area contributed by atoms with Crippen LogP contribution in [0.4, 0.5) is 0 Å². The van der Waals surface area contributed by atoms with Crippen LogP contribution in [0.1, 0.15) is 47.2 Å². The molecule has 35 heavy (non-hydrogen) atoms. The second-order valence-corrected chi connectivity index (χ2v) is 9.07. The van der Waals surface area contributed by atoms with Crippen molar-refractivity contribution in [3.05, 3.63) is 65.2 Å². The summed E-state index contributed by atoms with van der Waals surface area (Å²) in [7, 11) is 2.13. The average molecular weight is 480 g/mol. The Hall–Kier alpha value is -3.23. The highest BCUT2D eigenvalue weighted by Gasteiger charge is 2.28. The lowest BCUT2D eigenvalue weighted by Gasteiger charge is -2.31. The van der Waals surface area contributed by atoms with Gasteiger partial charge in [-0.2, -0.15) is 0 Å². The molecule has 2 heterocycles. The molecule has 0 bridgehead atoms. The Bertz CT molecular complexity index is 1020. The third-order valence-corrected chi connectivity index (χ3v) is 6.59. The molecule has 3 amide bonds. The van der Waals surface area contributed by atoms with E-state index in [0.717, 1.165) is 49.5 Å². The third-order valence-electron chi connectivity index (χ3n) is 6.59. The van der Waals surface area contributed by atoms with Crippen LogP contribution < -0.4 is 10.1 Å². The normalized spacial score (nSPS) is 16.7. The van der Waals surface area contributed by atoms with Crippen molar-refractivity contribution in [2.45, 2.75) is 44.8 Å². The van der Waals surface area contributed by atoms with Crippen LogP contribution in [0, 0.1) is 0 Å². The molecule has 8 heteroatoms. The average Bonchev–Trinajstić information content (AvgIpc) is 3.20. The molecule has 0 radical (unpaired) electrons. The van der Waals surface area contributed by atoms with E-state index in [4.69, 9.17) is 9.47 Å². The fraction of sp³-hybridized carbons (Fsp3) is 0.444. The van der Waals surface area contributed by atoms with Gasteiger partial charge in [0.2, 0.25) is 11.8 Å². The van der Waals surface area contributed by atoms with Gasteiger partial charge in [-0.15, -0.1) is 0 Å². The van der Waals surface area contributed by atoms with Gasteiger partial charge in [-0.1, -0.05) is 24.3 Å². The first-order valence-electron chi connectivity index (χ1n) is 12.2. The van der Waals surface area contributed by atoms with Crippen LogP contribution in [0.2, 0.25) is 0 Å². The van der Waals surface area contributed by atoms with Gasteiger partial charge >= 0.3 is 0 Å². The predicted octanol–water partition coefficient (Wildman–Crippen LogP) is 2.76. The molecule has 0 saturated carbocycles. The van der Waals surface area contributed by atoms with Crippen LogP contribution >= 0.6 is 0 Å². The van der Waals surface area contributed by atoms with Gasteiger partial charge in [-0.05, 0) is 55.3 Å². The lowest BCUT2D eigenvalue weighted by molar-refractivity contribution is -0.139. The highest BCUT2D eigenvalue weighted by atomic mass is 16.5. The summed E-state index contributed by atoms with van der Waals surface area (Å²) in [6.45, 7) is 3.74. The first kappa shape index (κ1) is 24.9. The number of hydrogen-bond donors (Lipinski definition) is 1. The van der Waals surface area contributed by atoms with Crippen LogP contribution in [0.25, 0.3) is 0 Å². The monoisotopic (exact) mass is 479 g/mol. The maximum Gasteiger partial charge on any atom is 0.251 e. The molecule has 2 saturated heterocycles. The third kappa shape index (κ3) is 6.90. The van der Waals surface area contributed by atoms with Crippen molar-refractivity contribution in [1.29, 1.82) is 0 Å². The molecular formula is C27H33N3O5. The van der Waals surface area contributed by atoms with Crippen molar-refractivity contribution < 1.29 is 23.9 Å². The molecular weight excluding hydrogens is 446 g/mol. The number of nitrogens with zero attached hydrogens (tertiary/aromatic N) is 2. The molecule has 1 N–H and O–H groups in total. The zero-order chi connectivity index (χ0) is 24.6. The van der Waals surface area contributed by atoms with Gasteiger partial charge in [0.25, 0.3) is 5.91 Å². The molecule has 2 aliphatic rings. The maximum absolute atomic E-state index is 12.6. The summed E-state index contributed by atoms with van der Waals surface area (Å²) in [5.41, 5.74) is 2.30. The molecule has 2 aliphatic heterocycles. The Balaban J connectivity index is 1.22. The first-order chi connectivity index (χ1) is 17.0. The second-order valence-electron chi connectivity index (χ2n) is 9.07. The zero-order valence-corrected chi connectivity index (χ0v) is 20.2. The number of imide groups is 1. The lowest BCUT2D eigenvalue weighted by atomic mass is 10.1. The number of likely N-dealkylation sites (tertiary alicyclic amines) is 1. The molecule has 2 fully saturated rings. The van der Waals surface area contributed by atoms with Crippen molar-refractivity contribution in [2.24, 2.45) is 0 Å². The Morgan fingerprint density at radius 2 is 1.77 bits per heavy atom. The molecule has 8 nitrogen and oxygen atoms in total. The SMILES string of the molecule is CN(CCOc1cccc(CNC(=O)c2ccc(CN3C(=O)CCC3=O)cc2)c1)C1CCOCC1. The Labute approximate surface area is 206 Å². The van der Waals surface area contributed by atoms with Crippen molar-refractivity contribution in [3.8, 4) is 5.75 Å². The van der Waals surface area contributed by atoms with E-state index in [1.807, 2.05) is 24.3 Å². The minimum atomic E-state index is -0.186. The highest BCUT2D eigenvalue weighted by molar-refractivity contribution is 6.01. The minimum Gasteiger partial charge on any atom is -0.492 e. The van der Waals surface area contributed by atoms with Gasteiger partial charge in [0.1, 0.15) is 12.4 Å². The van der Waals surface area contributed by atoms with E-state index in [-0.39, 0.29) is 37.1 Å². The van der Waals surface area contributed by atoms with Gasteiger partial charge in [0.05, 0.1) is 6.54 Å². The topological polar surface area (TPSA) is 88.2 Å². The van der Waals surface area contributed by atoms with Gasteiger partial charge in [0, 0.05) is 50.8 Å². The van der Waals surface area contributed by atoms with E-state index < -0.39 is 0 Å². The van der Waals surface area contributed by atoms with Crippen LogP contribution in [0.5, 0.6) is 5.75 Å². The van der Waals surface area contributed by atoms with Crippen molar-refractivity contribution in [3.63, 3.8) is 0 Å². The highest BCUT2D eigenvalue weighted by Crippen LogP contribution is 2.17. The Morgan fingerprint density at radius 1 is 1.06 bits per heavy atom. The largest absolute Gasteiger partial charge is 0.492 e. The Morgan fingerprint density at radius 3 is 2.49 bits per heavy atom. The standard InChI is InChI=1S/C27H33N3O5/c1-29(23-11-14-34-15-12-23)13-16-35-24-4-2-3-21(17-24)18-28-27(33)22-7-5-20(6-8-22)19-30-25(31)9-10-26(30)32/h2-8,17,23H,9-16,18-19H2,1H3,(H,28,33). The molecule has 2 aromatic rings. The zero-order valence-electron chi connectivity index (χ0n) is 20.2. The number of nitrogens with one attached hydrogen (secondary N) is 1. The van der Waals surface area contributed by atoms with Crippen LogP contribution in [-0.4, -0.2) is 67.0 Å². The van der Waals surface area contributed by atoms with Crippen LogP contribution in [0.15, 0.2) is 48.5 Å². The molecule has 2 aromatic carbocycles. The molecule has 4 rings (SSSR count). The van der Waals surface area contributed by atoms with Gasteiger partial charge < -0.3 is 14.8 Å². The molecule has 0 unspecified atom stereocenters. The smallest absolute Gasteiger partial charge is 0.251 e. The fourth-order valence-corrected chi connectivity index (χ4v) is 4.39. The van der Waals surface area contributed by atoms with E-state index in [1.54, 1.807) is 24.3 Å². The van der Waals surface area contributed by atoms with Gasteiger partial charge in [-0.3, -0.25) is 24.2 Å². The summed E-state index contributed by atoms with van der Waals surface area (Å²) in [6.07, 6.45) is 2.68. The van der Waals surface area contributed by atoms with Gasteiger partial charge in [-0.25, -0.2) is 0 Å². The van der Waals surface area contributed by atoms with Gasteiger partial charge in [0.15, 0.2) is 0 Å². The number of ether oxygens (including phenoxy) is 2. The predicted molar refractivity (Wildman–Crippen MR) is 131 cm³/mol. The molecule has 0 spiro atoms. The first-order valence-corrected chi connectivity index (χ1v) is 12.2. The fourth-order valence-electron chi connectivity index (χ4n) is 4.39. The molecule has 0 atom stereocenters. The summed E-state index contributed by atoms with van der Waals surface area (Å²) >= 11 is 0. The number of amides is 3. The van der Waals surface area contributed by atoms with Crippen molar-refractivity contribution >= 4 is 17.7 Å². The minimum absolute atomic E-state index is 0.144. The molecule has 0 aromatic heterocycles. The second kappa shape index (κ2) is 12.0. The number of rotatable bonds is 10. The number of carbonyl (C=O) groups is 3. The van der Waals surface area contributed by atoms with E-state index in [9.17, 15) is 14.4 Å². The molecule has 0 aliphatic carbocycles. The van der Waals surface area contributed by atoms with E-state index in [1.165, 1.54) is 4.90 Å². The summed E-state index contributed by atoms with van der Waals surface area (Å²) < 4.78 is 11.4. The summed E-state index contributed by atoms with van der Waals surface area (Å²) in [5, 5.41) is 2.93. The number of likely N-dealkylation sites (N-methyl/N-ethyl adjacent to an activating group) is 1. The van der Waals surface area contributed by atoms with Crippen molar-refractivity contribution in [2.75, 3.05) is 33.4 Å². The quantitative estimate of drug-likeness (QED) is 0.528.